The number of hydrogen-bond donors (Lipinski definition) is 1. The molecule has 0 unspecified atom stereocenters. The highest BCUT2D eigenvalue weighted by Crippen LogP contribution is 2.24. The number of carboxylic acid groups (broad SMARTS) is 1. The van der Waals surface area contributed by atoms with Crippen molar-refractivity contribution in [1.29, 1.82) is 0 Å². The van der Waals surface area contributed by atoms with Crippen LogP contribution in [0.15, 0.2) is 58.6 Å². The van der Waals surface area contributed by atoms with Crippen molar-refractivity contribution in [3.8, 4) is 11.4 Å². The van der Waals surface area contributed by atoms with Gasteiger partial charge < -0.3 is 14.2 Å². The van der Waals surface area contributed by atoms with E-state index >= 15 is 0 Å². The number of thioether (sulfide) groups is 1. The zero-order valence-corrected chi connectivity index (χ0v) is 15.2. The van der Waals surface area contributed by atoms with Gasteiger partial charge in [-0.25, -0.2) is 0 Å². The topological polar surface area (TPSA) is 90.0 Å². The van der Waals surface area contributed by atoms with Crippen LogP contribution in [0.3, 0.4) is 0 Å². The minimum atomic E-state index is -0.926. The monoisotopic (exact) mass is 370 g/mol. The quantitative estimate of drug-likeness (QED) is 0.670. The zero-order chi connectivity index (χ0) is 18.7. The molecule has 0 fully saturated rings. The van der Waals surface area contributed by atoms with E-state index in [4.69, 9.17) is 5.11 Å². The van der Waals surface area contributed by atoms with Gasteiger partial charge in [0.2, 0.25) is 0 Å². The third kappa shape index (κ3) is 3.70. The first-order valence-electron chi connectivity index (χ1n) is 8.00. The maximum absolute atomic E-state index is 12.8. The Hall–Kier alpha value is -2.87. The van der Waals surface area contributed by atoms with Gasteiger partial charge in [0.15, 0.2) is 11.0 Å². The maximum atomic E-state index is 12.8. The summed E-state index contributed by atoms with van der Waals surface area (Å²) in [6.07, 6.45) is 1.73. The second-order valence-electron chi connectivity index (χ2n) is 5.80. The minimum absolute atomic E-state index is 0.172. The van der Waals surface area contributed by atoms with Crippen molar-refractivity contribution in [2.45, 2.75) is 23.9 Å². The van der Waals surface area contributed by atoms with Crippen LogP contribution in [0.25, 0.3) is 11.4 Å². The number of hydrogen-bond acceptors (Lipinski definition) is 5. The fraction of sp³-hybridized carbons (Fsp3) is 0.222. The summed E-state index contributed by atoms with van der Waals surface area (Å²) in [5, 5.41) is 17.0. The first-order chi connectivity index (χ1) is 12.5. The molecule has 2 heterocycles. The summed E-state index contributed by atoms with van der Waals surface area (Å²) < 4.78 is 3.26. The van der Waals surface area contributed by atoms with Crippen molar-refractivity contribution in [1.82, 2.24) is 19.3 Å². The highest BCUT2D eigenvalue weighted by molar-refractivity contribution is 8.00. The number of aliphatic carboxylic acids is 1. The van der Waals surface area contributed by atoms with Gasteiger partial charge in [0.25, 0.3) is 5.56 Å². The van der Waals surface area contributed by atoms with E-state index < -0.39 is 11.2 Å². The third-order valence-corrected chi connectivity index (χ3v) is 5.04. The molecule has 0 saturated heterocycles. The van der Waals surface area contributed by atoms with Crippen LogP contribution in [0.1, 0.15) is 12.5 Å². The lowest BCUT2D eigenvalue weighted by molar-refractivity contribution is -0.136. The molecule has 26 heavy (non-hydrogen) atoms. The normalized spacial score (nSPS) is 12.1. The number of nitrogens with zero attached hydrogens (tertiary/aromatic N) is 4. The van der Waals surface area contributed by atoms with Crippen molar-refractivity contribution < 1.29 is 9.90 Å². The predicted molar refractivity (Wildman–Crippen MR) is 99.2 cm³/mol. The molecule has 8 heteroatoms. The summed E-state index contributed by atoms with van der Waals surface area (Å²) in [6, 6.07) is 13.2. The predicted octanol–water partition coefficient (Wildman–Crippen LogP) is 2.26. The zero-order valence-electron chi connectivity index (χ0n) is 14.4. The molecule has 134 valence electrons. The third-order valence-electron chi connectivity index (χ3n) is 3.92. The minimum Gasteiger partial charge on any atom is -0.480 e. The van der Waals surface area contributed by atoms with Gasteiger partial charge in [-0.2, -0.15) is 0 Å². The lowest BCUT2D eigenvalue weighted by Gasteiger charge is -2.09. The summed E-state index contributed by atoms with van der Waals surface area (Å²) in [7, 11) is 1.72. The fourth-order valence-corrected chi connectivity index (χ4v) is 3.22. The SMILES string of the molecule is C[C@H](Sc1nnc(-c2cccn(Cc3ccccc3)c2=O)n1C)C(=O)O. The molecular weight excluding hydrogens is 352 g/mol. The molecule has 1 aromatic carbocycles. The van der Waals surface area contributed by atoms with E-state index in [1.165, 1.54) is 0 Å². The first kappa shape index (κ1) is 17.9. The molecule has 1 atom stereocenters. The van der Waals surface area contributed by atoms with Crippen molar-refractivity contribution in [3.63, 3.8) is 0 Å². The van der Waals surface area contributed by atoms with Crippen LogP contribution in [0.2, 0.25) is 0 Å². The van der Waals surface area contributed by atoms with Crippen LogP contribution in [0, 0.1) is 0 Å². The summed E-state index contributed by atoms with van der Waals surface area (Å²) >= 11 is 1.09. The van der Waals surface area contributed by atoms with Gasteiger partial charge >= 0.3 is 5.97 Å². The van der Waals surface area contributed by atoms with Crippen LogP contribution < -0.4 is 5.56 Å². The number of carboxylic acids is 1. The van der Waals surface area contributed by atoms with Gasteiger partial charge in [-0.15, -0.1) is 10.2 Å². The Morgan fingerprint density at radius 2 is 1.92 bits per heavy atom. The largest absolute Gasteiger partial charge is 0.480 e. The van der Waals surface area contributed by atoms with Crippen LogP contribution in [-0.2, 0) is 18.4 Å². The molecule has 0 aliphatic rings. The molecule has 0 aliphatic heterocycles. The smallest absolute Gasteiger partial charge is 0.316 e. The lowest BCUT2D eigenvalue weighted by atomic mass is 10.2. The molecular formula is C18H18N4O3S. The van der Waals surface area contributed by atoms with E-state index in [0.29, 0.717) is 23.1 Å². The summed E-state index contributed by atoms with van der Waals surface area (Å²) in [5.41, 5.74) is 1.28. The van der Waals surface area contributed by atoms with E-state index in [2.05, 4.69) is 10.2 Å². The van der Waals surface area contributed by atoms with E-state index in [-0.39, 0.29) is 5.56 Å². The van der Waals surface area contributed by atoms with Crippen molar-refractivity contribution >= 4 is 17.7 Å². The van der Waals surface area contributed by atoms with E-state index in [1.807, 2.05) is 30.3 Å². The van der Waals surface area contributed by atoms with Gasteiger partial charge in [-0.1, -0.05) is 42.1 Å². The number of benzene rings is 1. The standard InChI is InChI=1S/C18H18N4O3S/c1-12(17(24)25)26-18-20-19-15(21(18)2)14-9-6-10-22(16(14)23)11-13-7-4-3-5-8-13/h3-10,12H,11H2,1-2H3,(H,24,25)/t12-/m0/s1. The molecule has 3 aromatic rings. The molecule has 0 saturated carbocycles. The van der Waals surface area contributed by atoms with Gasteiger partial charge in [-0.3, -0.25) is 9.59 Å². The lowest BCUT2D eigenvalue weighted by Crippen LogP contribution is -2.22. The highest BCUT2D eigenvalue weighted by Gasteiger charge is 2.20. The molecule has 1 N–H and O–H groups in total. The van der Waals surface area contributed by atoms with E-state index in [0.717, 1.165) is 17.3 Å². The second kappa shape index (κ2) is 7.57. The number of carbonyl (C=O) groups is 1. The van der Waals surface area contributed by atoms with Crippen LogP contribution >= 0.6 is 11.8 Å². The Bertz CT molecular complexity index is 982. The van der Waals surface area contributed by atoms with E-state index in [1.54, 1.807) is 41.4 Å². The molecule has 0 bridgehead atoms. The molecule has 2 aromatic heterocycles. The van der Waals surface area contributed by atoms with E-state index in [9.17, 15) is 9.59 Å². The fourth-order valence-electron chi connectivity index (χ4n) is 2.47. The van der Waals surface area contributed by atoms with Crippen molar-refractivity contribution in [3.05, 3.63) is 64.6 Å². The van der Waals surface area contributed by atoms with Crippen molar-refractivity contribution in [2.75, 3.05) is 0 Å². The second-order valence-corrected chi connectivity index (χ2v) is 7.11. The summed E-state index contributed by atoms with van der Waals surface area (Å²) in [4.78, 5) is 23.9. The Morgan fingerprint density at radius 3 is 2.62 bits per heavy atom. The average Bonchev–Trinajstić information content (AvgIpc) is 2.98. The van der Waals surface area contributed by atoms with Gasteiger partial charge in [0, 0.05) is 13.2 Å². The average molecular weight is 370 g/mol. The summed E-state index contributed by atoms with van der Waals surface area (Å²) in [5.74, 6) is -0.512. The molecule has 0 radical (unpaired) electrons. The van der Waals surface area contributed by atoms with Crippen LogP contribution in [0.5, 0.6) is 0 Å². The number of aromatic nitrogens is 4. The molecule has 0 amide bonds. The molecule has 0 spiro atoms. The van der Waals surface area contributed by atoms with Crippen LogP contribution in [0.4, 0.5) is 0 Å². The van der Waals surface area contributed by atoms with Gasteiger partial charge in [-0.05, 0) is 24.6 Å². The Morgan fingerprint density at radius 1 is 1.19 bits per heavy atom. The van der Waals surface area contributed by atoms with Crippen LogP contribution in [-0.4, -0.2) is 35.7 Å². The first-order valence-corrected chi connectivity index (χ1v) is 8.88. The van der Waals surface area contributed by atoms with Crippen molar-refractivity contribution in [2.24, 2.45) is 7.05 Å². The highest BCUT2D eigenvalue weighted by atomic mass is 32.2. The molecule has 0 aliphatic carbocycles. The Kier molecular flexibility index (Phi) is 5.22. The number of rotatable bonds is 6. The molecule has 3 rings (SSSR count). The Balaban J connectivity index is 1.93. The number of pyridine rings is 1. The van der Waals surface area contributed by atoms with Gasteiger partial charge in [0.05, 0.1) is 12.1 Å². The molecule has 7 nitrogen and oxygen atoms in total. The maximum Gasteiger partial charge on any atom is 0.316 e. The Labute approximate surface area is 154 Å². The summed E-state index contributed by atoms with van der Waals surface area (Å²) in [6.45, 7) is 2.04. The van der Waals surface area contributed by atoms with Gasteiger partial charge in [0.1, 0.15) is 5.25 Å².